The van der Waals surface area contributed by atoms with E-state index in [0.717, 1.165) is 115 Å². The minimum atomic E-state index is 0.584. The summed E-state index contributed by atoms with van der Waals surface area (Å²) in [5.41, 5.74) is 13.0. The van der Waals surface area contributed by atoms with Gasteiger partial charge in [0.15, 0.2) is 0 Å². The molecule has 8 heteroatoms. The zero-order valence-electron chi connectivity index (χ0n) is 30.7. The monoisotopic (exact) mass is 744 g/mol. The predicted molar refractivity (Wildman–Crippen MR) is 232 cm³/mol. The lowest BCUT2D eigenvalue weighted by molar-refractivity contribution is 0.668. The maximum absolute atomic E-state index is 6.11. The van der Waals surface area contributed by atoms with Crippen molar-refractivity contribution in [1.29, 1.82) is 0 Å². The van der Waals surface area contributed by atoms with E-state index in [0.29, 0.717) is 5.95 Å². The lowest BCUT2D eigenvalue weighted by atomic mass is 10.0. The molecule has 0 fully saturated rings. The number of benzene rings is 6. The van der Waals surface area contributed by atoms with Crippen molar-refractivity contribution in [3.8, 4) is 33.9 Å². The third-order valence-electron chi connectivity index (χ3n) is 11.6. The average Bonchev–Trinajstić information content (AvgIpc) is 4.03. The fraction of sp³-hybridized carbons (Fsp3) is 0. The summed E-state index contributed by atoms with van der Waals surface area (Å²) < 4.78 is 16.6. The Balaban J connectivity index is 0.912. The third-order valence-corrected chi connectivity index (χ3v) is 11.6. The molecule has 0 radical (unpaired) electrons. The van der Waals surface area contributed by atoms with Crippen molar-refractivity contribution in [2.45, 2.75) is 0 Å². The summed E-state index contributed by atoms with van der Waals surface area (Å²) in [6.45, 7) is 0. The fourth-order valence-electron chi connectivity index (χ4n) is 8.94. The van der Waals surface area contributed by atoms with Crippen LogP contribution in [-0.2, 0) is 0 Å². The molecule has 0 spiro atoms. The highest BCUT2D eigenvalue weighted by Gasteiger charge is 2.19. The van der Waals surface area contributed by atoms with Crippen LogP contribution in [0.2, 0.25) is 0 Å². The molecule has 13 aromatic rings. The van der Waals surface area contributed by atoms with Crippen molar-refractivity contribution in [3.63, 3.8) is 0 Å². The molecule has 270 valence electrons. The van der Waals surface area contributed by atoms with Crippen LogP contribution in [-0.4, -0.2) is 29.1 Å². The van der Waals surface area contributed by atoms with Gasteiger partial charge < -0.3 is 13.4 Å². The Bertz CT molecular complexity index is 3560. The van der Waals surface area contributed by atoms with E-state index >= 15 is 0 Å². The molecule has 0 atom stereocenters. The lowest BCUT2D eigenvalue weighted by Gasteiger charge is -2.10. The summed E-state index contributed by atoms with van der Waals surface area (Å²) >= 11 is 0. The molecule has 13 rings (SSSR count). The number of hydrogen-bond donors (Lipinski definition) is 0. The standard InChI is InChI=1S/C50H28N6O2/c1-3-7-46-34(5-1)38-23-31(11-15-48(38)57-46)29-9-13-42-36(21-29)40-27-51-19-17-44(40)55(42)33-25-53-50(54-26-33)56-43-14-10-30(22-37(43)41-28-52-20-18-45(41)56)32-12-16-49-39(24-32)35-6-2-4-8-47(35)58-49/h1-28H. The highest BCUT2D eigenvalue weighted by atomic mass is 16.3. The van der Waals surface area contributed by atoms with Crippen LogP contribution in [0.5, 0.6) is 0 Å². The normalized spacial score (nSPS) is 12.1. The summed E-state index contributed by atoms with van der Waals surface area (Å²) in [5, 5.41) is 8.72. The molecular formula is C50H28N6O2. The van der Waals surface area contributed by atoms with Gasteiger partial charge in [0, 0.05) is 67.9 Å². The molecule has 0 aliphatic carbocycles. The maximum Gasteiger partial charge on any atom is 0.234 e. The van der Waals surface area contributed by atoms with E-state index in [2.05, 4.69) is 122 Å². The van der Waals surface area contributed by atoms with Gasteiger partial charge in [0.25, 0.3) is 0 Å². The number of para-hydroxylation sites is 2. The van der Waals surface area contributed by atoms with Crippen LogP contribution >= 0.6 is 0 Å². The number of furan rings is 2. The first-order valence-electron chi connectivity index (χ1n) is 19.2. The maximum atomic E-state index is 6.11. The van der Waals surface area contributed by atoms with Crippen LogP contribution in [0.4, 0.5) is 0 Å². The van der Waals surface area contributed by atoms with Crippen LogP contribution in [0, 0.1) is 0 Å². The first-order valence-corrected chi connectivity index (χ1v) is 19.2. The number of nitrogens with zero attached hydrogens (tertiary/aromatic N) is 6. The Kier molecular flexibility index (Phi) is 6.29. The zero-order chi connectivity index (χ0) is 37.9. The molecule has 58 heavy (non-hydrogen) atoms. The lowest BCUT2D eigenvalue weighted by Crippen LogP contribution is -2.03. The van der Waals surface area contributed by atoms with Crippen LogP contribution < -0.4 is 0 Å². The molecule has 0 aliphatic heterocycles. The van der Waals surface area contributed by atoms with E-state index in [-0.39, 0.29) is 0 Å². The molecule has 8 nitrogen and oxygen atoms in total. The molecule has 0 N–H and O–H groups in total. The Morgan fingerprint density at radius 2 is 0.776 bits per heavy atom. The molecule has 0 unspecified atom stereocenters. The van der Waals surface area contributed by atoms with Crippen molar-refractivity contribution >= 4 is 87.5 Å². The largest absolute Gasteiger partial charge is 0.456 e. The first-order chi connectivity index (χ1) is 28.7. The SMILES string of the molecule is c1ccc2c(c1)oc1ccc(-c3ccc4c(c3)c3cnccc3n4-c3cnc(-n4c5ccncc5c5cc(-c6ccc7oc8ccccc8c7c6)ccc54)nc3)cc12. The van der Waals surface area contributed by atoms with E-state index < -0.39 is 0 Å². The van der Waals surface area contributed by atoms with Gasteiger partial charge in [-0.2, -0.15) is 0 Å². The fourth-order valence-corrected chi connectivity index (χ4v) is 8.94. The van der Waals surface area contributed by atoms with Crippen LogP contribution in [0.3, 0.4) is 0 Å². The van der Waals surface area contributed by atoms with Gasteiger partial charge in [-0.3, -0.25) is 14.5 Å². The molecule has 6 aromatic carbocycles. The minimum absolute atomic E-state index is 0.584. The van der Waals surface area contributed by atoms with E-state index in [1.807, 2.05) is 67.5 Å². The second-order valence-electron chi connectivity index (χ2n) is 14.8. The molecule has 7 aromatic heterocycles. The number of rotatable bonds is 4. The van der Waals surface area contributed by atoms with E-state index in [1.54, 1.807) is 0 Å². The summed E-state index contributed by atoms with van der Waals surface area (Å²) in [5.74, 6) is 0.584. The van der Waals surface area contributed by atoms with Crippen molar-refractivity contribution in [1.82, 2.24) is 29.1 Å². The molecular weight excluding hydrogens is 717 g/mol. The zero-order valence-corrected chi connectivity index (χ0v) is 30.7. The van der Waals surface area contributed by atoms with Crippen molar-refractivity contribution < 1.29 is 8.83 Å². The van der Waals surface area contributed by atoms with E-state index in [9.17, 15) is 0 Å². The second kappa shape index (κ2) is 11.7. The molecule has 0 saturated carbocycles. The number of fused-ring (bicyclic) bond motifs is 12. The highest BCUT2D eigenvalue weighted by molar-refractivity contribution is 6.12. The molecule has 0 saturated heterocycles. The summed E-state index contributed by atoms with van der Waals surface area (Å²) in [7, 11) is 0. The van der Waals surface area contributed by atoms with Gasteiger partial charge in [-0.25, -0.2) is 9.97 Å². The predicted octanol–water partition coefficient (Wildman–Crippen LogP) is 12.6. The first kappa shape index (κ1) is 31.1. The average molecular weight is 745 g/mol. The summed E-state index contributed by atoms with van der Waals surface area (Å²) in [6.07, 6.45) is 11.3. The van der Waals surface area contributed by atoms with Crippen molar-refractivity contribution in [2.75, 3.05) is 0 Å². The van der Waals surface area contributed by atoms with Crippen molar-refractivity contribution in [2.24, 2.45) is 0 Å². The summed E-state index contributed by atoms with van der Waals surface area (Å²) in [6, 6.07) is 46.4. The summed E-state index contributed by atoms with van der Waals surface area (Å²) in [4.78, 5) is 19.1. The number of pyridine rings is 2. The van der Waals surface area contributed by atoms with E-state index in [1.165, 1.54) is 0 Å². The van der Waals surface area contributed by atoms with Crippen molar-refractivity contribution in [3.05, 3.63) is 171 Å². The van der Waals surface area contributed by atoms with E-state index in [4.69, 9.17) is 18.8 Å². The second-order valence-corrected chi connectivity index (χ2v) is 14.8. The Labute approximate surface area is 328 Å². The van der Waals surface area contributed by atoms with Crippen LogP contribution in [0.1, 0.15) is 0 Å². The van der Waals surface area contributed by atoms with Gasteiger partial charge in [-0.1, -0.05) is 60.7 Å². The van der Waals surface area contributed by atoms with Gasteiger partial charge in [-0.15, -0.1) is 0 Å². The Hall–Kier alpha value is -8.10. The molecule has 0 amide bonds. The Morgan fingerprint density at radius 1 is 0.345 bits per heavy atom. The highest BCUT2D eigenvalue weighted by Crippen LogP contribution is 2.39. The minimum Gasteiger partial charge on any atom is -0.456 e. The molecule has 0 aliphatic rings. The number of aromatic nitrogens is 6. The van der Waals surface area contributed by atoms with Gasteiger partial charge in [0.1, 0.15) is 22.3 Å². The topological polar surface area (TPSA) is 87.7 Å². The third kappa shape index (κ3) is 4.45. The smallest absolute Gasteiger partial charge is 0.234 e. The van der Waals surface area contributed by atoms with Gasteiger partial charge >= 0.3 is 0 Å². The van der Waals surface area contributed by atoms with Gasteiger partial charge in [0.2, 0.25) is 5.95 Å². The Morgan fingerprint density at radius 3 is 1.33 bits per heavy atom. The van der Waals surface area contributed by atoms with Gasteiger partial charge in [0.05, 0.1) is 40.1 Å². The molecule has 0 bridgehead atoms. The molecule has 7 heterocycles. The quantitative estimate of drug-likeness (QED) is 0.178. The van der Waals surface area contributed by atoms with Crippen LogP contribution in [0.15, 0.2) is 179 Å². The number of hydrogen-bond acceptors (Lipinski definition) is 6. The van der Waals surface area contributed by atoms with Gasteiger partial charge in [-0.05, 0) is 95.1 Å². The van der Waals surface area contributed by atoms with Crippen LogP contribution in [0.25, 0.3) is 121 Å².